The molecule has 1 atom stereocenters. The molecular weight excluding hydrogens is 182 g/mol. The summed E-state index contributed by atoms with van der Waals surface area (Å²) in [6, 6.07) is 4.10. The molecule has 1 nitrogen and oxygen atoms in total. The highest BCUT2D eigenvalue weighted by Gasteiger charge is 2.05. The third-order valence-electron chi connectivity index (χ3n) is 2.33. The van der Waals surface area contributed by atoms with E-state index in [1.807, 2.05) is 13.0 Å². The first-order chi connectivity index (χ1) is 6.13. The molecule has 0 aromatic carbocycles. The van der Waals surface area contributed by atoms with Gasteiger partial charge in [-0.15, -0.1) is 0 Å². The van der Waals surface area contributed by atoms with Crippen molar-refractivity contribution in [3.8, 4) is 0 Å². The number of pyridine rings is 1. The Kier molecular flexibility index (Phi) is 3.73. The molecule has 0 aliphatic carbocycles. The Balaban J connectivity index is 2.77. The first-order valence-corrected chi connectivity index (χ1v) is 5.13. The molecule has 0 saturated heterocycles. The Labute approximate surface area is 85.1 Å². The lowest BCUT2D eigenvalue weighted by Gasteiger charge is -2.09. The van der Waals surface area contributed by atoms with Gasteiger partial charge in [0.15, 0.2) is 0 Å². The minimum atomic E-state index is 0.667. The van der Waals surface area contributed by atoms with Crippen molar-refractivity contribution in [1.29, 1.82) is 0 Å². The van der Waals surface area contributed by atoms with Gasteiger partial charge in [-0.05, 0) is 30.9 Å². The van der Waals surface area contributed by atoms with E-state index in [2.05, 4.69) is 24.9 Å². The Bertz CT molecular complexity index is 283. The van der Waals surface area contributed by atoms with Gasteiger partial charge in [0, 0.05) is 5.69 Å². The van der Waals surface area contributed by atoms with Crippen molar-refractivity contribution in [2.75, 3.05) is 0 Å². The van der Waals surface area contributed by atoms with Crippen LogP contribution in [-0.2, 0) is 6.42 Å². The van der Waals surface area contributed by atoms with Crippen molar-refractivity contribution in [2.45, 2.75) is 33.6 Å². The molecule has 13 heavy (non-hydrogen) atoms. The maximum Gasteiger partial charge on any atom is 0.132 e. The number of rotatable bonds is 3. The Morgan fingerprint density at radius 3 is 2.69 bits per heavy atom. The van der Waals surface area contributed by atoms with Crippen LogP contribution in [0.5, 0.6) is 0 Å². The molecule has 1 rings (SSSR count). The second-order valence-electron chi connectivity index (χ2n) is 3.62. The minimum Gasteiger partial charge on any atom is -0.241 e. The van der Waals surface area contributed by atoms with Crippen LogP contribution in [0.3, 0.4) is 0 Å². The first-order valence-electron chi connectivity index (χ1n) is 4.75. The predicted octanol–water partition coefficient (Wildman–Crippen LogP) is 3.63. The molecule has 0 aliphatic rings. The number of nitrogens with zero attached hydrogens (tertiary/aromatic N) is 1. The lowest BCUT2D eigenvalue weighted by molar-refractivity contribution is 0.559. The zero-order valence-corrected chi connectivity index (χ0v) is 9.23. The quantitative estimate of drug-likeness (QED) is 0.675. The summed E-state index contributed by atoms with van der Waals surface area (Å²) in [6.07, 6.45) is 2.22. The maximum atomic E-state index is 6.02. The van der Waals surface area contributed by atoms with Crippen molar-refractivity contribution in [3.63, 3.8) is 0 Å². The second-order valence-corrected chi connectivity index (χ2v) is 3.98. The van der Waals surface area contributed by atoms with Crippen LogP contribution in [0.15, 0.2) is 12.1 Å². The van der Waals surface area contributed by atoms with Crippen LogP contribution in [0.25, 0.3) is 0 Å². The predicted molar refractivity (Wildman–Crippen MR) is 57.1 cm³/mol. The third-order valence-corrected chi connectivity index (χ3v) is 2.66. The third kappa shape index (κ3) is 3.00. The van der Waals surface area contributed by atoms with E-state index >= 15 is 0 Å². The normalized spacial score (nSPS) is 12.9. The molecule has 0 spiro atoms. The summed E-state index contributed by atoms with van der Waals surface area (Å²) in [4.78, 5) is 4.23. The molecule has 0 aliphatic heterocycles. The molecule has 1 heterocycles. The first kappa shape index (κ1) is 10.5. The molecule has 1 aromatic heterocycles. The average molecular weight is 198 g/mol. The van der Waals surface area contributed by atoms with E-state index in [1.54, 1.807) is 0 Å². The lowest BCUT2D eigenvalue weighted by Crippen LogP contribution is -1.99. The van der Waals surface area contributed by atoms with Gasteiger partial charge in [0.25, 0.3) is 0 Å². The van der Waals surface area contributed by atoms with Crippen molar-refractivity contribution >= 4 is 11.6 Å². The van der Waals surface area contributed by atoms with Gasteiger partial charge < -0.3 is 0 Å². The van der Waals surface area contributed by atoms with Crippen LogP contribution in [-0.4, -0.2) is 4.98 Å². The Morgan fingerprint density at radius 2 is 2.15 bits per heavy atom. The van der Waals surface area contributed by atoms with Gasteiger partial charge in [0.2, 0.25) is 0 Å². The van der Waals surface area contributed by atoms with Crippen LogP contribution in [0.1, 0.15) is 31.5 Å². The van der Waals surface area contributed by atoms with Gasteiger partial charge in [-0.1, -0.05) is 37.9 Å². The van der Waals surface area contributed by atoms with E-state index in [4.69, 9.17) is 11.6 Å². The SMILES string of the molecule is CCC(C)Cc1ccc(C)nc1Cl. The highest BCUT2D eigenvalue weighted by Crippen LogP contribution is 2.18. The average Bonchev–Trinajstić information content (AvgIpc) is 2.09. The Morgan fingerprint density at radius 1 is 1.46 bits per heavy atom. The summed E-state index contributed by atoms with van der Waals surface area (Å²) < 4.78 is 0. The fourth-order valence-electron chi connectivity index (χ4n) is 1.23. The van der Waals surface area contributed by atoms with Crippen molar-refractivity contribution in [1.82, 2.24) is 4.98 Å². The smallest absolute Gasteiger partial charge is 0.132 e. The molecule has 0 saturated carbocycles. The van der Waals surface area contributed by atoms with Gasteiger partial charge >= 0.3 is 0 Å². The van der Waals surface area contributed by atoms with E-state index < -0.39 is 0 Å². The van der Waals surface area contributed by atoms with Crippen molar-refractivity contribution < 1.29 is 0 Å². The summed E-state index contributed by atoms with van der Waals surface area (Å²) in [6.45, 7) is 6.38. The van der Waals surface area contributed by atoms with Crippen LogP contribution in [0.2, 0.25) is 5.15 Å². The second kappa shape index (κ2) is 4.61. The van der Waals surface area contributed by atoms with Gasteiger partial charge in [-0.3, -0.25) is 0 Å². The van der Waals surface area contributed by atoms with Gasteiger partial charge in [0.05, 0.1) is 0 Å². The number of aromatic nitrogens is 1. The van der Waals surface area contributed by atoms with E-state index in [1.165, 1.54) is 12.0 Å². The highest BCUT2D eigenvalue weighted by molar-refractivity contribution is 6.30. The van der Waals surface area contributed by atoms with E-state index in [-0.39, 0.29) is 0 Å². The lowest BCUT2D eigenvalue weighted by atomic mass is 10.0. The minimum absolute atomic E-state index is 0.667. The van der Waals surface area contributed by atoms with E-state index in [9.17, 15) is 0 Å². The largest absolute Gasteiger partial charge is 0.241 e. The summed E-state index contributed by atoms with van der Waals surface area (Å²) in [5, 5.41) is 0.667. The van der Waals surface area contributed by atoms with E-state index in [0.717, 1.165) is 12.1 Å². The zero-order chi connectivity index (χ0) is 9.84. The highest BCUT2D eigenvalue weighted by atomic mass is 35.5. The summed E-state index contributed by atoms with van der Waals surface area (Å²) in [7, 11) is 0. The number of aryl methyl sites for hydroxylation is 1. The topological polar surface area (TPSA) is 12.9 Å². The van der Waals surface area contributed by atoms with Gasteiger partial charge in [-0.2, -0.15) is 0 Å². The zero-order valence-electron chi connectivity index (χ0n) is 8.47. The number of hydrogen-bond donors (Lipinski definition) is 0. The molecule has 1 aromatic rings. The summed E-state index contributed by atoms with van der Waals surface area (Å²) in [5.74, 6) is 0.682. The van der Waals surface area contributed by atoms with Crippen molar-refractivity contribution in [3.05, 3.63) is 28.5 Å². The molecule has 1 unspecified atom stereocenters. The molecule has 0 radical (unpaired) electrons. The maximum absolute atomic E-state index is 6.02. The van der Waals surface area contributed by atoms with Gasteiger partial charge in [-0.25, -0.2) is 4.98 Å². The fraction of sp³-hybridized carbons (Fsp3) is 0.545. The molecule has 72 valence electrons. The van der Waals surface area contributed by atoms with Crippen LogP contribution < -0.4 is 0 Å². The van der Waals surface area contributed by atoms with Crippen LogP contribution >= 0.6 is 11.6 Å². The van der Waals surface area contributed by atoms with Gasteiger partial charge in [0.1, 0.15) is 5.15 Å². The molecule has 0 bridgehead atoms. The van der Waals surface area contributed by atoms with Crippen LogP contribution in [0.4, 0.5) is 0 Å². The molecular formula is C11H16ClN. The molecule has 2 heteroatoms. The Hall–Kier alpha value is -0.560. The van der Waals surface area contributed by atoms with E-state index in [0.29, 0.717) is 11.1 Å². The summed E-state index contributed by atoms with van der Waals surface area (Å²) in [5.41, 5.74) is 2.15. The monoisotopic (exact) mass is 197 g/mol. The molecule has 0 amide bonds. The standard InChI is InChI=1S/C11H16ClN/c1-4-8(2)7-10-6-5-9(3)13-11(10)12/h5-6,8H,4,7H2,1-3H3. The van der Waals surface area contributed by atoms with Crippen LogP contribution in [0, 0.1) is 12.8 Å². The molecule has 0 N–H and O–H groups in total. The number of halogens is 1. The fourth-order valence-corrected chi connectivity index (χ4v) is 1.50. The summed E-state index contributed by atoms with van der Waals surface area (Å²) >= 11 is 6.02. The molecule has 0 fully saturated rings. The number of hydrogen-bond acceptors (Lipinski definition) is 1. The van der Waals surface area contributed by atoms with Crippen molar-refractivity contribution in [2.24, 2.45) is 5.92 Å².